The minimum absolute atomic E-state index is 0.0276. The Morgan fingerprint density at radius 2 is 0.505 bits per heavy atom. The number of allylic oxidation sites excluding steroid dienone is 32. The van der Waals surface area contributed by atoms with Crippen molar-refractivity contribution in [2.45, 2.75) is 210 Å². The number of hydrogen-bond acceptors (Lipinski definition) is 0. The second-order valence-corrected chi connectivity index (χ2v) is 115. The van der Waals surface area contributed by atoms with E-state index in [1.807, 2.05) is 0 Å². The molecule has 8 atom stereocenters. The van der Waals surface area contributed by atoms with Crippen molar-refractivity contribution in [2.75, 3.05) is 0 Å². The van der Waals surface area contributed by atoms with Gasteiger partial charge in [0.25, 0.3) is 0 Å². The Balaban J connectivity index is 1.26. The quantitative estimate of drug-likeness (QED) is 0.124. The van der Waals surface area contributed by atoms with Crippen LogP contribution in [0, 0.1) is 51.4 Å². The van der Waals surface area contributed by atoms with Crippen LogP contribution < -0.4 is 20.7 Å². The van der Waals surface area contributed by atoms with Crippen molar-refractivity contribution in [3.05, 3.63) is 302 Å². The van der Waals surface area contributed by atoms with E-state index in [0.717, 1.165) is 20.1 Å². The Bertz CT molecular complexity index is 4450. The standard InChI is InChI=1S/2C47H58Cl2Si3.2ClH.Hf/c2*1-28(2)38-26-40-34(32-22-30(5)46(42(48)24-32)51(8,9)10)18-14-16-20-36(40)44(38)50(7)45-37-21-17-15-19-35(41(37)27-39(45)29(3)4)33-23-31(6)47(43(49)25-33)52(11,12)13;;;/h2*14-29,34-35,50H,1-13H3;2*1H;/q;;;;+2/p-2. The van der Waals surface area contributed by atoms with Crippen LogP contribution in [0.1, 0.15) is 124 Å². The van der Waals surface area contributed by atoms with E-state index in [1.165, 1.54) is 132 Å². The molecule has 13 heteroatoms. The molecule has 14 rings (SSSR count). The summed E-state index contributed by atoms with van der Waals surface area (Å²) in [5, 5.41) is 8.81. The van der Waals surface area contributed by atoms with E-state index >= 15 is 0 Å². The molecule has 0 bridgehead atoms. The fraction of sp³-hybridized carbons (Fsp3) is 0.404. The number of rotatable bonds is 12. The molecule has 5 spiro atoms. The van der Waals surface area contributed by atoms with Crippen molar-refractivity contribution in [3.63, 3.8) is 0 Å². The Morgan fingerprint density at radius 1 is 0.318 bits per heavy atom. The molecule has 8 aliphatic carbocycles. The van der Waals surface area contributed by atoms with Gasteiger partial charge in [0.2, 0.25) is 0 Å². The summed E-state index contributed by atoms with van der Waals surface area (Å²) >= 11 is 22.9. The Morgan fingerprint density at radius 3 is 0.664 bits per heavy atom. The summed E-state index contributed by atoms with van der Waals surface area (Å²) in [6, 6.07) is 19.4. The molecular formula is C94H116Cl6HfSi6. The molecule has 4 aromatic rings. The first-order valence-corrected chi connectivity index (χ1v) is 76.2. The molecule has 0 nitrogen and oxygen atoms in total. The van der Waals surface area contributed by atoms with E-state index in [0.29, 0.717) is 0 Å². The number of aryl methyl sites for hydroxylation is 4. The fourth-order valence-corrected chi connectivity index (χ4v) is 210. The first kappa shape index (κ1) is 80.2. The normalized spacial score (nSPS) is 29.9. The van der Waals surface area contributed by atoms with Gasteiger partial charge in [0.1, 0.15) is 0 Å². The molecule has 0 N–H and O–H groups in total. The summed E-state index contributed by atoms with van der Waals surface area (Å²) in [6.07, 6.45) is 50.5. The van der Waals surface area contributed by atoms with E-state index in [-0.39, 0.29) is 47.3 Å². The number of fused-ring (bicyclic) bond motifs is 8. The third-order valence-corrected chi connectivity index (χ3v) is 154. The van der Waals surface area contributed by atoms with Gasteiger partial charge in [-0.15, -0.1) is 0 Å². The van der Waals surface area contributed by atoms with Gasteiger partial charge in [-0.05, 0) is 0 Å². The maximum absolute atomic E-state index is 12.2. The van der Waals surface area contributed by atoms with Gasteiger partial charge in [-0.2, -0.15) is 0 Å². The predicted molar refractivity (Wildman–Crippen MR) is 489 cm³/mol. The zero-order valence-corrected chi connectivity index (χ0v) is 83.1. The van der Waals surface area contributed by atoms with E-state index < -0.39 is 75.7 Å². The average molecular weight is 1810 g/mol. The molecule has 10 aliphatic rings. The summed E-state index contributed by atoms with van der Waals surface area (Å²) in [4.78, 5) is 0. The van der Waals surface area contributed by atoms with Gasteiger partial charge in [-0.25, -0.2) is 0 Å². The molecule has 562 valence electrons. The molecule has 0 radical (unpaired) electrons. The van der Waals surface area contributed by atoms with Crippen LogP contribution in [0.15, 0.2) is 237 Å². The monoisotopic (exact) mass is 1800 g/mol. The maximum atomic E-state index is 12.2. The van der Waals surface area contributed by atoms with Crippen LogP contribution in [0.5, 0.6) is 0 Å². The topological polar surface area (TPSA) is 0 Å². The Kier molecular flexibility index (Phi) is 19.6. The zero-order chi connectivity index (χ0) is 78.1. The van der Waals surface area contributed by atoms with Gasteiger partial charge >= 0.3 is 684 Å². The summed E-state index contributed by atoms with van der Waals surface area (Å²) in [6.45, 7) is 64.2. The van der Waals surface area contributed by atoms with Crippen molar-refractivity contribution in [1.82, 2.24) is 0 Å². The summed E-state index contributed by atoms with van der Waals surface area (Å²) in [5.41, 5.74) is 26.5. The van der Waals surface area contributed by atoms with Gasteiger partial charge in [-0.1, -0.05) is 0 Å². The summed E-state index contributed by atoms with van der Waals surface area (Å²) < 4.78 is -3.41. The molecule has 2 saturated heterocycles. The van der Waals surface area contributed by atoms with Crippen LogP contribution in [-0.4, -0.2) is 49.9 Å². The zero-order valence-electron chi connectivity index (χ0n) is 68.7. The third-order valence-electron chi connectivity index (χ3n) is 28.4. The van der Waals surface area contributed by atoms with Gasteiger partial charge in [0.05, 0.1) is 0 Å². The molecular weight excluding hydrogens is 1690 g/mol. The SMILES string of the molecule is Cc1cc(C2C=CC=CC3=C2C=C(C(C)C)[C]32[SiH](C)[C]3(C(C(C)C)=CC4=C3C=CC=CC4c3cc(C)c([Si](C)(C)C)c(Cl)c3)[Hf]23([Cl])([Cl])[C]2(C(C(C)C)=CC4=C2C=CC=CC4c2cc(C)c([Si](C)(C)C)c(Cl)c2)[SiH](C)[C]32C(C(C)C)=CC3=C2C=CC=CC3c2cc(C)c([Si](C)(C)C)c(Cl)c2)cc(Cl)c1[Si](C)(C)C. The van der Waals surface area contributed by atoms with Crippen molar-refractivity contribution in [1.29, 1.82) is 0 Å². The Labute approximate surface area is 676 Å². The van der Waals surface area contributed by atoms with Crippen LogP contribution in [0.4, 0.5) is 0 Å². The van der Waals surface area contributed by atoms with Crippen LogP contribution in [0.2, 0.25) is 123 Å². The molecule has 4 aromatic carbocycles. The van der Waals surface area contributed by atoms with Gasteiger partial charge in [0, 0.05) is 0 Å². The average Bonchev–Trinajstić information content (AvgIpc) is 1.51. The molecule has 0 amide bonds. The van der Waals surface area contributed by atoms with Gasteiger partial charge in [0.15, 0.2) is 0 Å². The number of hydrogen-bond donors (Lipinski definition) is 0. The summed E-state index contributed by atoms with van der Waals surface area (Å²) in [5.74, 6) is -0.522. The molecule has 0 aromatic heterocycles. The molecule has 8 unspecified atom stereocenters. The van der Waals surface area contributed by atoms with Gasteiger partial charge < -0.3 is 0 Å². The van der Waals surface area contributed by atoms with Crippen molar-refractivity contribution < 1.29 is 14.7 Å². The molecule has 107 heavy (non-hydrogen) atoms. The number of benzene rings is 4. The summed E-state index contributed by atoms with van der Waals surface area (Å²) in [7, 11) is 11.2. The molecule has 0 saturated carbocycles. The minimum atomic E-state index is -8.39. The van der Waals surface area contributed by atoms with Crippen LogP contribution in [-0.2, 0) is 14.7 Å². The van der Waals surface area contributed by atoms with Gasteiger partial charge in [-0.3, -0.25) is 0 Å². The third kappa shape index (κ3) is 9.86. The van der Waals surface area contributed by atoms with Crippen LogP contribution >= 0.6 is 63.6 Å². The van der Waals surface area contributed by atoms with Crippen LogP contribution in [0.25, 0.3) is 0 Å². The molecule has 2 fully saturated rings. The predicted octanol–water partition coefficient (Wildman–Crippen LogP) is 27.3. The second kappa shape index (κ2) is 26.1. The van der Waals surface area contributed by atoms with E-state index in [1.54, 1.807) is 0 Å². The Hall–Kier alpha value is -3.37. The number of halogens is 6. The van der Waals surface area contributed by atoms with E-state index in [9.17, 15) is 17.2 Å². The molecule has 2 heterocycles. The second-order valence-electron chi connectivity index (χ2n) is 39.4. The van der Waals surface area contributed by atoms with E-state index in [2.05, 4.69) is 345 Å². The van der Waals surface area contributed by atoms with Crippen molar-refractivity contribution >= 4 is 134 Å². The van der Waals surface area contributed by atoms with Crippen molar-refractivity contribution in [3.8, 4) is 0 Å². The fourth-order valence-electron chi connectivity index (χ4n) is 26.6. The first-order chi connectivity index (χ1) is 49.7. The molecule has 2 aliphatic heterocycles. The first-order valence-electron chi connectivity index (χ1n) is 39.9. The van der Waals surface area contributed by atoms with Crippen LogP contribution in [0.3, 0.4) is 0 Å². The van der Waals surface area contributed by atoms with E-state index in [4.69, 9.17) is 46.4 Å². The van der Waals surface area contributed by atoms with Crippen molar-refractivity contribution in [2.24, 2.45) is 23.7 Å².